The lowest BCUT2D eigenvalue weighted by molar-refractivity contribution is 0.101. The van der Waals surface area contributed by atoms with Gasteiger partial charge in [-0.05, 0) is 24.3 Å². The summed E-state index contributed by atoms with van der Waals surface area (Å²) in [7, 11) is 1.50. The van der Waals surface area contributed by atoms with Gasteiger partial charge in [0.25, 0.3) is 0 Å². The quantitative estimate of drug-likeness (QED) is 0.625. The molecule has 0 saturated carbocycles. The van der Waals surface area contributed by atoms with Crippen molar-refractivity contribution in [3.63, 3.8) is 0 Å². The second kappa shape index (κ2) is 6.08. The van der Waals surface area contributed by atoms with E-state index in [1.807, 2.05) is 0 Å². The fraction of sp³-hybridized carbons (Fsp3) is 0.231. The molecular formula is C13H11BrFNO3. The van der Waals surface area contributed by atoms with E-state index in [-0.39, 0.29) is 23.5 Å². The molecule has 0 aliphatic heterocycles. The Hall–Kier alpha value is -1.53. The molecule has 0 spiro atoms. The van der Waals surface area contributed by atoms with E-state index in [1.54, 1.807) is 12.1 Å². The van der Waals surface area contributed by atoms with Crippen LogP contribution in [0.3, 0.4) is 0 Å². The molecule has 0 amide bonds. The zero-order valence-corrected chi connectivity index (χ0v) is 11.7. The molecular weight excluding hydrogens is 317 g/mol. The summed E-state index contributed by atoms with van der Waals surface area (Å²) >= 11 is 3.12. The number of hydrogen-bond acceptors (Lipinski definition) is 4. The Kier molecular flexibility index (Phi) is 4.44. The fourth-order valence-electron chi connectivity index (χ4n) is 1.71. The van der Waals surface area contributed by atoms with Crippen LogP contribution in [0.2, 0.25) is 0 Å². The van der Waals surface area contributed by atoms with Gasteiger partial charge in [0, 0.05) is 12.7 Å². The normalized spacial score (nSPS) is 10.7. The van der Waals surface area contributed by atoms with Gasteiger partial charge in [-0.25, -0.2) is 4.39 Å². The minimum Gasteiger partial charge on any atom is -0.377 e. The van der Waals surface area contributed by atoms with Crippen LogP contribution in [0.1, 0.15) is 16.1 Å². The molecule has 0 unspecified atom stereocenters. The molecule has 1 heterocycles. The average molecular weight is 328 g/mol. The summed E-state index contributed by atoms with van der Waals surface area (Å²) in [4.78, 5) is 12.0. The fourth-order valence-corrected chi connectivity index (χ4v) is 1.99. The topological polar surface area (TPSA) is 52.3 Å². The van der Waals surface area contributed by atoms with E-state index in [9.17, 15) is 9.18 Å². The van der Waals surface area contributed by atoms with Crippen molar-refractivity contribution in [3.8, 4) is 11.3 Å². The number of alkyl halides is 1. The maximum Gasteiger partial charge on any atom is 0.179 e. The largest absolute Gasteiger partial charge is 0.377 e. The lowest BCUT2D eigenvalue weighted by Crippen LogP contribution is -2.05. The van der Waals surface area contributed by atoms with Crippen molar-refractivity contribution in [2.45, 2.75) is 6.61 Å². The standard InChI is InChI=1S/C13H11BrFNO3/c1-18-7-11-12(10(17)6-14)13(16-19-11)8-2-4-9(15)5-3-8/h2-5H,6-7H2,1H3. The molecule has 2 aromatic rings. The number of aromatic nitrogens is 1. The van der Waals surface area contributed by atoms with Gasteiger partial charge < -0.3 is 9.26 Å². The van der Waals surface area contributed by atoms with Crippen molar-refractivity contribution in [2.24, 2.45) is 0 Å². The molecule has 100 valence electrons. The zero-order valence-electron chi connectivity index (χ0n) is 10.2. The average Bonchev–Trinajstić information content (AvgIpc) is 2.83. The van der Waals surface area contributed by atoms with E-state index in [2.05, 4.69) is 21.1 Å². The Labute approximate surface area is 117 Å². The van der Waals surface area contributed by atoms with E-state index in [1.165, 1.54) is 19.2 Å². The molecule has 4 nitrogen and oxygen atoms in total. The summed E-state index contributed by atoms with van der Waals surface area (Å²) in [6, 6.07) is 5.72. The molecule has 1 aromatic carbocycles. The number of methoxy groups -OCH3 is 1. The van der Waals surface area contributed by atoms with Crippen molar-refractivity contribution in [3.05, 3.63) is 41.4 Å². The molecule has 0 atom stereocenters. The molecule has 6 heteroatoms. The lowest BCUT2D eigenvalue weighted by Gasteiger charge is -2.01. The van der Waals surface area contributed by atoms with E-state index in [0.717, 1.165) is 0 Å². The van der Waals surface area contributed by atoms with Gasteiger partial charge in [-0.1, -0.05) is 21.1 Å². The first-order valence-electron chi connectivity index (χ1n) is 5.50. The van der Waals surface area contributed by atoms with Gasteiger partial charge in [-0.15, -0.1) is 0 Å². The number of carbonyl (C=O) groups excluding carboxylic acids is 1. The van der Waals surface area contributed by atoms with Crippen LogP contribution in [-0.2, 0) is 11.3 Å². The van der Waals surface area contributed by atoms with Gasteiger partial charge >= 0.3 is 0 Å². The van der Waals surface area contributed by atoms with Gasteiger partial charge in [0.2, 0.25) is 0 Å². The number of carbonyl (C=O) groups is 1. The predicted octanol–water partition coefficient (Wildman–Crippen LogP) is 3.20. The number of benzene rings is 1. The van der Waals surface area contributed by atoms with Crippen LogP contribution < -0.4 is 0 Å². The van der Waals surface area contributed by atoms with Gasteiger partial charge in [0.15, 0.2) is 11.5 Å². The molecule has 0 N–H and O–H groups in total. The smallest absolute Gasteiger partial charge is 0.179 e. The highest BCUT2D eigenvalue weighted by molar-refractivity contribution is 9.09. The summed E-state index contributed by atoms with van der Waals surface area (Å²) in [5.74, 6) is -0.142. The minimum absolute atomic E-state index is 0.152. The molecule has 0 bridgehead atoms. The third-order valence-electron chi connectivity index (χ3n) is 2.56. The van der Waals surface area contributed by atoms with E-state index in [0.29, 0.717) is 22.6 Å². The number of Topliss-reactive ketones (excluding diaryl/α,β-unsaturated/α-hetero) is 1. The summed E-state index contributed by atoms with van der Waals surface area (Å²) in [5, 5.41) is 4.04. The van der Waals surface area contributed by atoms with Crippen LogP contribution in [0.15, 0.2) is 28.8 Å². The summed E-state index contributed by atoms with van der Waals surface area (Å²) < 4.78 is 23.0. The van der Waals surface area contributed by atoms with Crippen LogP contribution in [-0.4, -0.2) is 23.4 Å². The van der Waals surface area contributed by atoms with Gasteiger partial charge in [0.1, 0.15) is 18.1 Å². The number of rotatable bonds is 5. The first-order chi connectivity index (χ1) is 9.17. The predicted molar refractivity (Wildman–Crippen MR) is 70.7 cm³/mol. The number of ketones is 1. The zero-order chi connectivity index (χ0) is 13.8. The second-order valence-corrected chi connectivity index (χ2v) is 4.39. The van der Waals surface area contributed by atoms with Crippen molar-refractivity contribution in [2.75, 3.05) is 12.4 Å². The molecule has 0 fully saturated rings. The highest BCUT2D eigenvalue weighted by Crippen LogP contribution is 2.27. The molecule has 1 aromatic heterocycles. The summed E-state index contributed by atoms with van der Waals surface area (Å²) in [5.41, 5.74) is 1.39. The Morgan fingerprint density at radius 2 is 2.11 bits per heavy atom. The van der Waals surface area contributed by atoms with Gasteiger partial charge in [0.05, 0.1) is 10.9 Å². The first-order valence-corrected chi connectivity index (χ1v) is 6.62. The van der Waals surface area contributed by atoms with Crippen LogP contribution in [0.5, 0.6) is 0 Å². The first kappa shape index (κ1) is 13.9. The Balaban J connectivity index is 2.50. The highest BCUT2D eigenvalue weighted by atomic mass is 79.9. The maximum absolute atomic E-state index is 12.9. The Bertz CT molecular complexity index is 580. The van der Waals surface area contributed by atoms with Crippen LogP contribution in [0.25, 0.3) is 11.3 Å². The Morgan fingerprint density at radius 3 is 2.68 bits per heavy atom. The number of ether oxygens (including phenoxy) is 1. The number of hydrogen-bond donors (Lipinski definition) is 0. The third kappa shape index (κ3) is 2.90. The molecule has 0 aliphatic carbocycles. The van der Waals surface area contributed by atoms with Crippen LogP contribution >= 0.6 is 15.9 Å². The van der Waals surface area contributed by atoms with Crippen LogP contribution in [0.4, 0.5) is 4.39 Å². The molecule has 0 radical (unpaired) electrons. The lowest BCUT2D eigenvalue weighted by atomic mass is 10.0. The number of halogens is 2. The molecule has 0 saturated heterocycles. The van der Waals surface area contributed by atoms with Crippen molar-refractivity contribution in [1.29, 1.82) is 0 Å². The van der Waals surface area contributed by atoms with E-state index < -0.39 is 0 Å². The summed E-state index contributed by atoms with van der Waals surface area (Å²) in [6.45, 7) is 0.155. The minimum atomic E-state index is -0.349. The van der Waals surface area contributed by atoms with Crippen molar-refractivity contribution in [1.82, 2.24) is 5.16 Å². The van der Waals surface area contributed by atoms with Crippen LogP contribution in [0, 0.1) is 5.82 Å². The number of nitrogens with zero attached hydrogens (tertiary/aromatic N) is 1. The monoisotopic (exact) mass is 327 g/mol. The summed E-state index contributed by atoms with van der Waals surface area (Å²) in [6.07, 6.45) is 0. The highest BCUT2D eigenvalue weighted by Gasteiger charge is 2.22. The molecule has 19 heavy (non-hydrogen) atoms. The van der Waals surface area contributed by atoms with Crippen molar-refractivity contribution >= 4 is 21.7 Å². The van der Waals surface area contributed by atoms with Crippen molar-refractivity contribution < 1.29 is 18.4 Å². The van der Waals surface area contributed by atoms with Gasteiger partial charge in [-0.3, -0.25) is 4.79 Å². The van der Waals surface area contributed by atoms with E-state index >= 15 is 0 Å². The van der Waals surface area contributed by atoms with E-state index in [4.69, 9.17) is 9.26 Å². The van der Waals surface area contributed by atoms with Gasteiger partial charge in [-0.2, -0.15) is 0 Å². The second-order valence-electron chi connectivity index (χ2n) is 3.83. The molecule has 0 aliphatic rings. The third-order valence-corrected chi connectivity index (χ3v) is 3.07. The SMILES string of the molecule is COCc1onc(-c2ccc(F)cc2)c1C(=O)CBr. The molecule has 2 rings (SSSR count). The maximum atomic E-state index is 12.9. The Morgan fingerprint density at radius 1 is 1.42 bits per heavy atom.